The molecule has 2 aliphatic rings. The minimum Gasteiger partial charge on any atom is -0.340 e. The standard InChI is InChI=1S/C15H28N2O.C2H6/c1-4-5-6-15(18)16-10-13-7-8-14(11-16)17(13)9-12(2)3;1-2/h12-14H,4-11H2,1-3H3;1-2H3/t13-,14+;. The third-order valence-electron chi connectivity index (χ3n) is 4.31. The molecule has 0 aromatic carbocycles. The molecule has 2 saturated heterocycles. The molecule has 3 nitrogen and oxygen atoms in total. The van der Waals surface area contributed by atoms with E-state index in [0.717, 1.165) is 38.3 Å². The van der Waals surface area contributed by atoms with E-state index in [1.807, 2.05) is 13.8 Å². The van der Waals surface area contributed by atoms with Gasteiger partial charge in [0.25, 0.3) is 0 Å². The average molecular weight is 282 g/mol. The van der Waals surface area contributed by atoms with E-state index in [-0.39, 0.29) is 0 Å². The molecule has 2 atom stereocenters. The minimum atomic E-state index is 0.387. The smallest absolute Gasteiger partial charge is 0.222 e. The third-order valence-corrected chi connectivity index (χ3v) is 4.31. The van der Waals surface area contributed by atoms with E-state index < -0.39 is 0 Å². The van der Waals surface area contributed by atoms with Gasteiger partial charge in [0.2, 0.25) is 5.91 Å². The predicted molar refractivity (Wildman–Crippen MR) is 85.8 cm³/mol. The first-order chi connectivity index (χ1) is 9.61. The number of piperazine rings is 1. The van der Waals surface area contributed by atoms with Crippen LogP contribution in [0.2, 0.25) is 0 Å². The van der Waals surface area contributed by atoms with E-state index in [1.165, 1.54) is 19.4 Å². The van der Waals surface area contributed by atoms with Crippen LogP contribution >= 0.6 is 0 Å². The highest BCUT2D eigenvalue weighted by molar-refractivity contribution is 5.76. The van der Waals surface area contributed by atoms with Gasteiger partial charge in [-0.05, 0) is 25.2 Å². The zero-order chi connectivity index (χ0) is 15.1. The molecule has 118 valence electrons. The van der Waals surface area contributed by atoms with Crippen LogP contribution in [0, 0.1) is 5.92 Å². The van der Waals surface area contributed by atoms with Crippen molar-refractivity contribution in [2.75, 3.05) is 19.6 Å². The molecule has 0 saturated carbocycles. The fraction of sp³-hybridized carbons (Fsp3) is 0.941. The Hall–Kier alpha value is -0.570. The van der Waals surface area contributed by atoms with E-state index in [1.54, 1.807) is 0 Å². The van der Waals surface area contributed by atoms with Crippen molar-refractivity contribution in [1.29, 1.82) is 0 Å². The van der Waals surface area contributed by atoms with Crippen LogP contribution in [0.5, 0.6) is 0 Å². The van der Waals surface area contributed by atoms with Gasteiger partial charge in [0.05, 0.1) is 0 Å². The fourth-order valence-corrected chi connectivity index (χ4v) is 3.40. The van der Waals surface area contributed by atoms with Crippen molar-refractivity contribution in [2.24, 2.45) is 5.92 Å². The van der Waals surface area contributed by atoms with Crippen molar-refractivity contribution < 1.29 is 4.79 Å². The molecule has 2 bridgehead atoms. The number of carbonyl (C=O) groups excluding carboxylic acids is 1. The molecule has 0 radical (unpaired) electrons. The average Bonchev–Trinajstić information content (AvgIpc) is 2.67. The topological polar surface area (TPSA) is 23.6 Å². The van der Waals surface area contributed by atoms with Crippen LogP contribution in [0.25, 0.3) is 0 Å². The van der Waals surface area contributed by atoms with Gasteiger partial charge in [0.1, 0.15) is 0 Å². The Kier molecular flexibility index (Phi) is 7.57. The van der Waals surface area contributed by atoms with Gasteiger partial charge in [-0.2, -0.15) is 0 Å². The highest BCUT2D eigenvalue weighted by Gasteiger charge is 2.40. The molecule has 0 unspecified atom stereocenters. The summed E-state index contributed by atoms with van der Waals surface area (Å²) in [6.07, 6.45) is 5.48. The first-order valence-electron chi connectivity index (χ1n) is 8.65. The lowest BCUT2D eigenvalue weighted by Crippen LogP contribution is -2.55. The summed E-state index contributed by atoms with van der Waals surface area (Å²) in [5.74, 6) is 1.12. The number of unbranched alkanes of at least 4 members (excludes halogenated alkanes) is 1. The Balaban J connectivity index is 0.000000956. The fourth-order valence-electron chi connectivity index (χ4n) is 3.40. The summed E-state index contributed by atoms with van der Waals surface area (Å²) in [4.78, 5) is 16.9. The van der Waals surface area contributed by atoms with Crippen molar-refractivity contribution in [2.45, 2.75) is 78.8 Å². The van der Waals surface area contributed by atoms with E-state index in [4.69, 9.17) is 0 Å². The first-order valence-corrected chi connectivity index (χ1v) is 8.65. The number of amides is 1. The van der Waals surface area contributed by atoms with E-state index in [0.29, 0.717) is 18.0 Å². The molecule has 0 spiro atoms. The van der Waals surface area contributed by atoms with Gasteiger partial charge < -0.3 is 4.90 Å². The van der Waals surface area contributed by atoms with Gasteiger partial charge in [0.15, 0.2) is 0 Å². The second kappa shape index (κ2) is 8.66. The normalized spacial score (nSPS) is 25.6. The molecule has 2 fully saturated rings. The van der Waals surface area contributed by atoms with Gasteiger partial charge in [-0.25, -0.2) is 0 Å². The lowest BCUT2D eigenvalue weighted by atomic mass is 10.1. The van der Waals surface area contributed by atoms with Crippen LogP contribution in [0.4, 0.5) is 0 Å². The Labute approximate surface area is 125 Å². The molecule has 0 aromatic heterocycles. The summed E-state index contributed by atoms with van der Waals surface area (Å²) in [5, 5.41) is 0. The molecule has 2 heterocycles. The molecule has 2 aliphatic heterocycles. The lowest BCUT2D eigenvalue weighted by Gasteiger charge is -2.42. The van der Waals surface area contributed by atoms with Crippen LogP contribution < -0.4 is 0 Å². The maximum Gasteiger partial charge on any atom is 0.222 e. The zero-order valence-corrected chi connectivity index (χ0v) is 14.2. The van der Waals surface area contributed by atoms with Gasteiger partial charge in [-0.3, -0.25) is 9.69 Å². The zero-order valence-electron chi connectivity index (χ0n) is 14.2. The molecular formula is C17H34N2O. The SMILES string of the molecule is CC.CCCCC(=O)N1C[C@H]2CC[C@@H](C1)N2CC(C)C. The highest BCUT2D eigenvalue weighted by Crippen LogP contribution is 2.31. The van der Waals surface area contributed by atoms with Gasteiger partial charge in [-0.15, -0.1) is 0 Å². The van der Waals surface area contributed by atoms with E-state index >= 15 is 0 Å². The number of likely N-dealkylation sites (tertiary alicyclic amines) is 1. The predicted octanol–water partition coefficient (Wildman–Crippen LogP) is 3.53. The number of fused-ring (bicyclic) bond motifs is 2. The molecule has 1 amide bonds. The number of hydrogen-bond acceptors (Lipinski definition) is 2. The van der Waals surface area contributed by atoms with E-state index in [9.17, 15) is 4.79 Å². The van der Waals surface area contributed by atoms with Crippen molar-refractivity contribution in [3.05, 3.63) is 0 Å². The van der Waals surface area contributed by atoms with Crippen molar-refractivity contribution >= 4 is 5.91 Å². The van der Waals surface area contributed by atoms with Crippen molar-refractivity contribution in [3.63, 3.8) is 0 Å². The highest BCUT2D eigenvalue weighted by atomic mass is 16.2. The summed E-state index contributed by atoms with van der Waals surface area (Å²) in [5.41, 5.74) is 0. The summed E-state index contributed by atoms with van der Waals surface area (Å²) in [6.45, 7) is 13.9. The van der Waals surface area contributed by atoms with Crippen LogP contribution in [-0.4, -0.2) is 47.4 Å². The lowest BCUT2D eigenvalue weighted by molar-refractivity contribution is -0.134. The van der Waals surface area contributed by atoms with Gasteiger partial charge in [0, 0.05) is 38.1 Å². The van der Waals surface area contributed by atoms with Crippen LogP contribution in [0.3, 0.4) is 0 Å². The third kappa shape index (κ3) is 4.47. The number of hydrogen-bond donors (Lipinski definition) is 0. The second-order valence-corrected chi connectivity index (χ2v) is 6.38. The molecular weight excluding hydrogens is 248 g/mol. The molecule has 20 heavy (non-hydrogen) atoms. The molecule has 0 N–H and O–H groups in total. The summed E-state index contributed by atoms with van der Waals surface area (Å²) in [7, 11) is 0. The van der Waals surface area contributed by atoms with Gasteiger partial charge in [-0.1, -0.05) is 41.0 Å². The van der Waals surface area contributed by atoms with Gasteiger partial charge >= 0.3 is 0 Å². The molecule has 3 heteroatoms. The quantitative estimate of drug-likeness (QED) is 0.770. The molecule has 0 aromatic rings. The van der Waals surface area contributed by atoms with Crippen LogP contribution in [0.1, 0.15) is 66.7 Å². The largest absolute Gasteiger partial charge is 0.340 e. The molecule has 2 rings (SSSR count). The Morgan fingerprint density at radius 3 is 2.15 bits per heavy atom. The summed E-state index contributed by atoms with van der Waals surface area (Å²) >= 11 is 0. The van der Waals surface area contributed by atoms with Crippen LogP contribution in [-0.2, 0) is 4.79 Å². The number of rotatable bonds is 5. The molecule has 0 aliphatic carbocycles. The van der Waals surface area contributed by atoms with Crippen molar-refractivity contribution in [1.82, 2.24) is 9.80 Å². The maximum atomic E-state index is 12.1. The second-order valence-electron chi connectivity index (χ2n) is 6.38. The Morgan fingerprint density at radius 2 is 1.70 bits per heavy atom. The first kappa shape index (κ1) is 17.5. The maximum absolute atomic E-state index is 12.1. The number of carbonyl (C=O) groups is 1. The number of nitrogens with zero attached hydrogens (tertiary/aromatic N) is 2. The summed E-state index contributed by atoms with van der Waals surface area (Å²) < 4.78 is 0. The van der Waals surface area contributed by atoms with E-state index in [2.05, 4.69) is 30.6 Å². The monoisotopic (exact) mass is 282 g/mol. The van der Waals surface area contributed by atoms with Crippen molar-refractivity contribution in [3.8, 4) is 0 Å². The van der Waals surface area contributed by atoms with Crippen LogP contribution in [0.15, 0.2) is 0 Å². The Morgan fingerprint density at radius 1 is 1.15 bits per heavy atom. The summed E-state index contributed by atoms with van der Waals surface area (Å²) in [6, 6.07) is 1.27. The minimum absolute atomic E-state index is 0.387. The Bertz CT molecular complexity index is 277.